The summed E-state index contributed by atoms with van der Waals surface area (Å²) in [5, 5.41) is 5.10. The number of hydrogen-bond donors (Lipinski definition) is 1. The summed E-state index contributed by atoms with van der Waals surface area (Å²) in [6, 6.07) is 8.06. The normalized spacial score (nSPS) is 11.8. The van der Waals surface area contributed by atoms with Gasteiger partial charge in [0.05, 0.1) is 5.56 Å². The topological polar surface area (TPSA) is 88.2 Å². The number of pyridine rings is 1. The van der Waals surface area contributed by atoms with Gasteiger partial charge in [-0.25, -0.2) is 15.0 Å². The minimum Gasteiger partial charge on any atom is -0.368 e. The van der Waals surface area contributed by atoms with Crippen molar-refractivity contribution in [2.45, 2.75) is 19.8 Å². The third-order valence-electron chi connectivity index (χ3n) is 4.60. The van der Waals surface area contributed by atoms with E-state index in [0.29, 0.717) is 0 Å². The predicted octanol–water partition coefficient (Wildman–Crippen LogP) is 5.07. The van der Waals surface area contributed by atoms with Gasteiger partial charge in [-0.2, -0.15) is 0 Å². The highest BCUT2D eigenvalue weighted by atomic mass is 127. The van der Waals surface area contributed by atoms with Crippen LogP contribution in [0.15, 0.2) is 55.5 Å². The molecule has 1 saturated heterocycles. The Bertz CT molecular complexity index is 1110. The van der Waals surface area contributed by atoms with Crippen molar-refractivity contribution in [3.05, 3.63) is 61.1 Å². The Kier molecular flexibility index (Phi) is 11.5. The number of allylic oxidation sites excluding steroid dienone is 1. The third-order valence-corrected chi connectivity index (χ3v) is 5.44. The predicted molar refractivity (Wildman–Crippen MR) is 148 cm³/mol. The lowest BCUT2D eigenvalue weighted by Gasteiger charge is -2.19. The van der Waals surface area contributed by atoms with Gasteiger partial charge in [0.25, 0.3) is 0 Å². The Morgan fingerprint density at radius 3 is 2.48 bits per heavy atom. The van der Waals surface area contributed by atoms with E-state index >= 15 is 0 Å². The lowest BCUT2D eigenvalue weighted by atomic mass is 10.1. The van der Waals surface area contributed by atoms with Gasteiger partial charge in [0, 0.05) is 71.0 Å². The van der Waals surface area contributed by atoms with Gasteiger partial charge in [0.2, 0.25) is 12.4 Å². The number of rotatable bonds is 3. The zero-order chi connectivity index (χ0) is 24.1. The molecule has 3 heterocycles. The number of nitrogens with zero attached hydrogens (tertiary/aromatic N) is 5. The molecule has 0 spiro atoms. The Hall–Kier alpha value is -2.84. The van der Waals surface area contributed by atoms with Crippen LogP contribution in [0.3, 0.4) is 0 Å². The van der Waals surface area contributed by atoms with E-state index < -0.39 is 0 Å². The van der Waals surface area contributed by atoms with Crippen molar-refractivity contribution < 1.29 is 4.79 Å². The SMILES string of the molecule is C=CC.CN(C=O)c1ccc2c(N3CCCC3)nccc2c1.Nc1ncc(C#CSI)cn1. The van der Waals surface area contributed by atoms with E-state index in [1.807, 2.05) is 31.3 Å². The summed E-state index contributed by atoms with van der Waals surface area (Å²) >= 11 is 2.10. The van der Waals surface area contributed by atoms with Crippen LogP contribution in [0.4, 0.5) is 17.5 Å². The minimum atomic E-state index is 0.276. The highest BCUT2D eigenvalue weighted by Gasteiger charge is 2.16. The molecule has 1 aliphatic rings. The van der Waals surface area contributed by atoms with E-state index in [2.05, 4.69) is 64.9 Å². The Morgan fingerprint density at radius 2 is 1.88 bits per heavy atom. The number of nitrogen functional groups attached to an aromatic ring is 1. The van der Waals surface area contributed by atoms with E-state index in [0.717, 1.165) is 47.3 Å². The zero-order valence-electron chi connectivity index (χ0n) is 18.7. The first kappa shape index (κ1) is 26.4. The van der Waals surface area contributed by atoms with E-state index in [4.69, 9.17) is 5.73 Å². The van der Waals surface area contributed by atoms with E-state index in [-0.39, 0.29) is 5.95 Å². The molecule has 2 aromatic heterocycles. The largest absolute Gasteiger partial charge is 0.368 e. The van der Waals surface area contributed by atoms with Crippen molar-refractivity contribution in [2.75, 3.05) is 35.7 Å². The van der Waals surface area contributed by atoms with Gasteiger partial charge in [-0.1, -0.05) is 12.0 Å². The molecular weight excluding hydrogens is 547 g/mol. The van der Waals surface area contributed by atoms with Crippen molar-refractivity contribution in [3.8, 4) is 11.2 Å². The van der Waals surface area contributed by atoms with Crippen LogP contribution in [-0.4, -0.2) is 41.5 Å². The molecular formula is C24H27IN6OS. The summed E-state index contributed by atoms with van der Waals surface area (Å²) < 4.78 is 0. The van der Waals surface area contributed by atoms with Crippen LogP contribution in [0, 0.1) is 11.2 Å². The second-order valence-corrected chi connectivity index (χ2v) is 8.67. The van der Waals surface area contributed by atoms with Gasteiger partial charge in [-0.05, 0) is 63.6 Å². The van der Waals surface area contributed by atoms with Crippen LogP contribution in [0.2, 0.25) is 0 Å². The smallest absolute Gasteiger partial charge is 0.219 e. The van der Waals surface area contributed by atoms with Crippen molar-refractivity contribution >= 4 is 64.8 Å². The number of benzene rings is 1. The second-order valence-electron chi connectivity index (χ2n) is 6.99. The molecule has 1 aromatic carbocycles. The molecule has 4 rings (SSSR count). The minimum absolute atomic E-state index is 0.276. The fourth-order valence-electron chi connectivity index (χ4n) is 3.09. The number of anilines is 3. The summed E-state index contributed by atoms with van der Waals surface area (Å²) in [4.78, 5) is 26.8. The molecule has 0 bridgehead atoms. The summed E-state index contributed by atoms with van der Waals surface area (Å²) in [6.07, 6.45) is 10.1. The molecule has 1 fully saturated rings. The summed E-state index contributed by atoms with van der Waals surface area (Å²) in [6.45, 7) is 7.42. The maximum absolute atomic E-state index is 10.8. The molecule has 0 saturated carbocycles. The third kappa shape index (κ3) is 8.22. The molecule has 0 aliphatic carbocycles. The highest BCUT2D eigenvalue weighted by Crippen LogP contribution is 2.29. The van der Waals surface area contributed by atoms with Gasteiger partial charge >= 0.3 is 0 Å². The first-order chi connectivity index (χ1) is 16.0. The fourth-order valence-corrected chi connectivity index (χ4v) is 3.58. The standard InChI is InChI=1S/C15H17N3O.C6H4IN3S.C3H6/c1-17(11-19)13-4-5-14-12(10-13)6-7-16-15(14)18-8-2-3-9-18;7-11-2-1-5-3-9-6(8)10-4-5;1-3-2/h4-7,10-11H,2-3,8-9H2,1H3;3-4H,(H2,8,9,10);3H,1H2,2H3. The summed E-state index contributed by atoms with van der Waals surface area (Å²) in [5.41, 5.74) is 6.96. The average Bonchev–Trinajstić information content (AvgIpc) is 3.38. The lowest BCUT2D eigenvalue weighted by Crippen LogP contribution is -2.19. The number of aromatic nitrogens is 3. The van der Waals surface area contributed by atoms with Gasteiger partial charge in [-0.15, -0.1) is 6.58 Å². The number of carbonyl (C=O) groups excluding carboxylic acids is 1. The zero-order valence-corrected chi connectivity index (χ0v) is 21.7. The van der Waals surface area contributed by atoms with Gasteiger partial charge in [0.1, 0.15) is 5.82 Å². The highest BCUT2D eigenvalue weighted by molar-refractivity contribution is 14.2. The Morgan fingerprint density at radius 1 is 1.21 bits per heavy atom. The summed E-state index contributed by atoms with van der Waals surface area (Å²) in [5.74, 6) is 4.19. The average molecular weight is 574 g/mol. The van der Waals surface area contributed by atoms with Gasteiger partial charge in [0.15, 0.2) is 0 Å². The molecule has 9 heteroatoms. The van der Waals surface area contributed by atoms with Crippen LogP contribution in [0.1, 0.15) is 25.3 Å². The monoisotopic (exact) mass is 574 g/mol. The number of hydrogen-bond acceptors (Lipinski definition) is 7. The molecule has 0 radical (unpaired) electrons. The molecule has 2 N–H and O–H groups in total. The quantitative estimate of drug-likeness (QED) is 0.202. The number of fused-ring (bicyclic) bond motifs is 1. The van der Waals surface area contributed by atoms with Crippen molar-refractivity contribution in [3.63, 3.8) is 0 Å². The molecule has 33 heavy (non-hydrogen) atoms. The molecule has 1 aliphatic heterocycles. The van der Waals surface area contributed by atoms with E-state index in [1.54, 1.807) is 30.4 Å². The van der Waals surface area contributed by atoms with Crippen LogP contribution >= 0.6 is 30.1 Å². The van der Waals surface area contributed by atoms with Crippen LogP contribution in [0.25, 0.3) is 10.8 Å². The Labute approximate surface area is 211 Å². The maximum atomic E-state index is 10.8. The molecule has 1 amide bonds. The molecule has 3 aromatic rings. The van der Waals surface area contributed by atoms with Crippen LogP contribution < -0.4 is 15.5 Å². The van der Waals surface area contributed by atoms with Crippen molar-refractivity contribution in [2.24, 2.45) is 0 Å². The van der Waals surface area contributed by atoms with Gasteiger partial charge in [-0.3, -0.25) is 4.79 Å². The summed E-state index contributed by atoms with van der Waals surface area (Å²) in [7, 11) is 3.18. The molecule has 0 unspecified atom stereocenters. The maximum Gasteiger partial charge on any atom is 0.219 e. The first-order valence-electron chi connectivity index (χ1n) is 10.3. The lowest BCUT2D eigenvalue weighted by molar-refractivity contribution is -0.107. The Balaban J connectivity index is 0.000000234. The van der Waals surface area contributed by atoms with E-state index in [1.165, 1.54) is 21.8 Å². The van der Waals surface area contributed by atoms with Gasteiger partial charge < -0.3 is 15.5 Å². The molecule has 172 valence electrons. The van der Waals surface area contributed by atoms with E-state index in [9.17, 15) is 4.79 Å². The number of amides is 1. The number of nitrogens with two attached hydrogens (primary N) is 1. The van der Waals surface area contributed by atoms with Crippen LogP contribution in [0.5, 0.6) is 0 Å². The first-order valence-corrected chi connectivity index (χ1v) is 13.6. The van der Waals surface area contributed by atoms with Crippen molar-refractivity contribution in [1.29, 1.82) is 0 Å². The second kappa shape index (κ2) is 14.3. The van der Waals surface area contributed by atoms with Crippen molar-refractivity contribution in [1.82, 2.24) is 15.0 Å². The number of carbonyl (C=O) groups is 1. The molecule has 0 atom stereocenters. The molecule has 7 nitrogen and oxygen atoms in total. The number of halogens is 1. The van der Waals surface area contributed by atoms with Crippen LogP contribution in [-0.2, 0) is 4.79 Å². The fraction of sp³-hybridized carbons (Fsp3) is 0.250.